The quantitative estimate of drug-likeness (QED) is 0.513. The number of nitrogens with two attached hydrogens (primary N) is 1. The number of nitrogens with zero attached hydrogens (tertiary/aromatic N) is 4. The Balaban J connectivity index is 2.34. The van der Waals surface area contributed by atoms with Crippen LogP contribution in [0.1, 0.15) is 18.3 Å². The highest BCUT2D eigenvalue weighted by molar-refractivity contribution is 7.80. The van der Waals surface area contributed by atoms with Crippen LogP contribution in [0.5, 0.6) is 0 Å². The number of hydrogen-bond donors (Lipinski definition) is 2. The molecule has 0 aliphatic rings. The van der Waals surface area contributed by atoms with Crippen LogP contribution in [0, 0.1) is 6.92 Å². The van der Waals surface area contributed by atoms with Crippen LogP contribution in [-0.4, -0.2) is 25.8 Å². The molecule has 1 aromatic carbocycles. The van der Waals surface area contributed by atoms with Crippen LogP contribution in [0.2, 0.25) is 5.02 Å². The predicted molar refractivity (Wildman–Crippen MR) is 83.2 cm³/mol. The summed E-state index contributed by atoms with van der Waals surface area (Å²) in [5.41, 5.74) is 10.9. The van der Waals surface area contributed by atoms with Crippen molar-refractivity contribution < 1.29 is 0 Å². The van der Waals surface area contributed by atoms with E-state index in [9.17, 15) is 0 Å². The van der Waals surface area contributed by atoms with E-state index in [1.807, 2.05) is 19.1 Å². The molecule has 0 saturated carbocycles. The minimum Gasteiger partial charge on any atom is -0.375 e. The van der Waals surface area contributed by atoms with E-state index in [1.54, 1.807) is 23.7 Å². The maximum atomic E-state index is 5.87. The molecular weight excluding hydrogens is 296 g/mol. The van der Waals surface area contributed by atoms with Gasteiger partial charge in [0.15, 0.2) is 5.11 Å². The van der Waals surface area contributed by atoms with Gasteiger partial charge in [-0.25, -0.2) is 4.68 Å². The number of thiocarbonyl (C=S) groups is 1. The zero-order valence-electron chi connectivity index (χ0n) is 11.0. The topological polar surface area (TPSA) is 81.1 Å². The lowest BCUT2D eigenvalue weighted by atomic mass is 10.2. The van der Waals surface area contributed by atoms with Crippen LogP contribution in [0.4, 0.5) is 0 Å². The fraction of sp³-hybridized carbons (Fsp3) is 0.167. The van der Waals surface area contributed by atoms with Crippen molar-refractivity contribution in [3.8, 4) is 5.69 Å². The van der Waals surface area contributed by atoms with E-state index in [0.29, 0.717) is 16.4 Å². The standard InChI is InChI=1S/C12H13ClN6S/c1-7(15-17-12(14)20)11-8(2)19(18-16-11)10-5-3-9(13)4-6-10/h3-6H,1-2H3,(H3,14,17,20)/b15-7+. The molecule has 0 fully saturated rings. The largest absolute Gasteiger partial charge is 0.375 e. The summed E-state index contributed by atoms with van der Waals surface area (Å²) in [5, 5.41) is 13.0. The lowest BCUT2D eigenvalue weighted by molar-refractivity contribution is 0.785. The van der Waals surface area contributed by atoms with Gasteiger partial charge in [0.1, 0.15) is 5.69 Å². The van der Waals surface area contributed by atoms with Gasteiger partial charge in [-0.05, 0) is 50.3 Å². The second-order valence-corrected chi connectivity index (χ2v) is 4.96. The van der Waals surface area contributed by atoms with Crippen LogP contribution < -0.4 is 11.2 Å². The van der Waals surface area contributed by atoms with Crippen LogP contribution in [-0.2, 0) is 0 Å². The zero-order chi connectivity index (χ0) is 14.7. The number of hydrazone groups is 1. The highest BCUT2D eigenvalue weighted by Gasteiger charge is 2.12. The van der Waals surface area contributed by atoms with E-state index in [4.69, 9.17) is 29.6 Å². The number of rotatable bonds is 3. The van der Waals surface area contributed by atoms with Gasteiger partial charge in [0.2, 0.25) is 0 Å². The molecule has 0 aliphatic carbocycles. The third-order valence-corrected chi connectivity index (χ3v) is 2.99. The van der Waals surface area contributed by atoms with Gasteiger partial charge in [-0.15, -0.1) is 5.10 Å². The molecule has 1 aromatic heterocycles. The van der Waals surface area contributed by atoms with Gasteiger partial charge in [-0.1, -0.05) is 16.8 Å². The summed E-state index contributed by atoms with van der Waals surface area (Å²) in [5.74, 6) is 0. The Bertz CT molecular complexity index is 661. The van der Waals surface area contributed by atoms with Crippen molar-refractivity contribution in [2.45, 2.75) is 13.8 Å². The molecule has 0 bridgehead atoms. The molecule has 0 radical (unpaired) electrons. The van der Waals surface area contributed by atoms with E-state index in [2.05, 4.69) is 20.8 Å². The Morgan fingerprint density at radius 3 is 2.65 bits per heavy atom. The molecule has 3 N–H and O–H groups in total. The smallest absolute Gasteiger partial charge is 0.184 e. The molecule has 104 valence electrons. The van der Waals surface area contributed by atoms with Crippen molar-refractivity contribution in [1.29, 1.82) is 0 Å². The van der Waals surface area contributed by atoms with Crippen molar-refractivity contribution in [3.63, 3.8) is 0 Å². The molecule has 2 rings (SSSR count). The third kappa shape index (κ3) is 3.12. The van der Waals surface area contributed by atoms with Gasteiger partial charge >= 0.3 is 0 Å². The first-order valence-electron chi connectivity index (χ1n) is 5.77. The monoisotopic (exact) mass is 308 g/mol. The number of aromatic nitrogens is 3. The predicted octanol–water partition coefficient (Wildman–Crippen LogP) is 1.79. The molecule has 20 heavy (non-hydrogen) atoms. The molecule has 8 heteroatoms. The van der Waals surface area contributed by atoms with E-state index in [1.165, 1.54) is 0 Å². The SMILES string of the molecule is C/C(=N\NC(N)=S)c1nnn(-c2ccc(Cl)cc2)c1C. The normalized spacial score (nSPS) is 11.4. The highest BCUT2D eigenvalue weighted by Crippen LogP contribution is 2.15. The second-order valence-electron chi connectivity index (χ2n) is 4.08. The fourth-order valence-electron chi connectivity index (χ4n) is 1.68. The molecule has 0 spiro atoms. The van der Waals surface area contributed by atoms with Gasteiger partial charge in [-0.3, -0.25) is 5.43 Å². The lowest BCUT2D eigenvalue weighted by Crippen LogP contribution is -2.25. The summed E-state index contributed by atoms with van der Waals surface area (Å²) in [6, 6.07) is 7.33. The summed E-state index contributed by atoms with van der Waals surface area (Å²) >= 11 is 10.6. The van der Waals surface area contributed by atoms with Crippen molar-refractivity contribution in [2.24, 2.45) is 10.8 Å². The first kappa shape index (κ1) is 14.4. The average Bonchev–Trinajstić information content (AvgIpc) is 2.79. The average molecular weight is 309 g/mol. The summed E-state index contributed by atoms with van der Waals surface area (Å²) in [7, 11) is 0. The molecule has 0 atom stereocenters. The van der Waals surface area contributed by atoms with E-state index in [-0.39, 0.29) is 5.11 Å². The molecule has 0 amide bonds. The van der Waals surface area contributed by atoms with Crippen LogP contribution in [0.25, 0.3) is 5.69 Å². The first-order chi connectivity index (χ1) is 9.49. The Labute approximate surface area is 126 Å². The Kier molecular flexibility index (Phi) is 4.31. The molecule has 1 heterocycles. The Hall–Kier alpha value is -1.99. The fourth-order valence-corrected chi connectivity index (χ4v) is 1.85. The molecule has 2 aromatic rings. The minimum atomic E-state index is 0.104. The van der Waals surface area contributed by atoms with Crippen molar-refractivity contribution in [1.82, 2.24) is 20.4 Å². The lowest BCUT2D eigenvalue weighted by Gasteiger charge is -2.04. The summed E-state index contributed by atoms with van der Waals surface area (Å²) < 4.78 is 1.71. The van der Waals surface area contributed by atoms with E-state index in [0.717, 1.165) is 11.4 Å². The summed E-state index contributed by atoms with van der Waals surface area (Å²) in [6.45, 7) is 3.71. The zero-order valence-corrected chi connectivity index (χ0v) is 12.5. The van der Waals surface area contributed by atoms with Crippen molar-refractivity contribution in [3.05, 3.63) is 40.7 Å². The summed E-state index contributed by atoms with van der Waals surface area (Å²) in [4.78, 5) is 0. The Morgan fingerprint density at radius 1 is 1.40 bits per heavy atom. The number of hydrogen-bond acceptors (Lipinski definition) is 4. The molecule has 6 nitrogen and oxygen atoms in total. The third-order valence-electron chi connectivity index (χ3n) is 2.64. The van der Waals surface area contributed by atoms with Gasteiger partial charge < -0.3 is 5.73 Å². The second kappa shape index (κ2) is 5.98. The minimum absolute atomic E-state index is 0.104. The van der Waals surface area contributed by atoms with Gasteiger partial charge in [0.25, 0.3) is 0 Å². The van der Waals surface area contributed by atoms with Crippen LogP contribution in [0.15, 0.2) is 29.4 Å². The molecule has 0 saturated heterocycles. The van der Waals surface area contributed by atoms with Crippen molar-refractivity contribution >= 4 is 34.6 Å². The van der Waals surface area contributed by atoms with Gasteiger partial charge in [0, 0.05) is 5.02 Å². The first-order valence-corrected chi connectivity index (χ1v) is 6.56. The van der Waals surface area contributed by atoms with Crippen LogP contribution >= 0.6 is 23.8 Å². The summed E-state index contributed by atoms with van der Waals surface area (Å²) in [6.07, 6.45) is 0. The number of benzene rings is 1. The maximum absolute atomic E-state index is 5.87. The Morgan fingerprint density at radius 2 is 2.05 bits per heavy atom. The van der Waals surface area contributed by atoms with Crippen molar-refractivity contribution in [2.75, 3.05) is 0 Å². The van der Waals surface area contributed by atoms with E-state index < -0.39 is 0 Å². The van der Waals surface area contributed by atoms with Crippen LogP contribution in [0.3, 0.4) is 0 Å². The van der Waals surface area contributed by atoms with Gasteiger partial charge in [0.05, 0.1) is 17.1 Å². The molecule has 0 unspecified atom stereocenters. The van der Waals surface area contributed by atoms with E-state index >= 15 is 0 Å². The maximum Gasteiger partial charge on any atom is 0.184 e. The molecular formula is C12H13ClN6S. The van der Waals surface area contributed by atoms with Gasteiger partial charge in [-0.2, -0.15) is 5.10 Å². The number of halogens is 1. The number of nitrogens with one attached hydrogen (secondary N) is 1. The molecule has 0 aliphatic heterocycles. The highest BCUT2D eigenvalue weighted by atomic mass is 35.5.